The van der Waals surface area contributed by atoms with E-state index < -0.39 is 0 Å². The molecule has 0 saturated heterocycles. The molecule has 135 valence electrons. The smallest absolute Gasteiger partial charge is 0.783 e. The molecule has 2 N–H and O–H groups in total. The van der Waals surface area contributed by atoms with Crippen LogP contribution in [0.5, 0.6) is 0 Å². The fourth-order valence-corrected chi connectivity index (χ4v) is 1.94. The molecule has 25 heavy (non-hydrogen) atoms. The van der Waals surface area contributed by atoms with E-state index in [4.69, 9.17) is 0 Å². The van der Waals surface area contributed by atoms with Crippen LogP contribution in [-0.2, 0) is 51.6 Å². The van der Waals surface area contributed by atoms with Gasteiger partial charge in [0, 0.05) is 11.4 Å². The van der Waals surface area contributed by atoms with E-state index in [0.29, 0.717) is 0 Å². The summed E-state index contributed by atoms with van der Waals surface area (Å²) in [6.45, 7) is 3.89. The molecule has 0 aliphatic heterocycles. The number of hydrogen-bond donors (Lipinski definition) is 2. The molecular weight excluding hydrogens is 399 g/mol. The summed E-state index contributed by atoms with van der Waals surface area (Å²) in [6.07, 6.45) is 0. The zero-order valence-corrected chi connectivity index (χ0v) is 16.7. The maximum absolute atomic E-state index is 10.9. The normalized spacial score (nSPS) is 9.12. The van der Waals surface area contributed by atoms with Crippen molar-refractivity contribution in [1.82, 2.24) is 0 Å². The summed E-state index contributed by atoms with van der Waals surface area (Å²) in [4.78, 5) is 21.8. The number of carbonyl (C=O) groups is 2. The molecule has 0 aliphatic rings. The van der Waals surface area contributed by atoms with Gasteiger partial charge in [-0.3, -0.25) is 9.59 Å². The molecule has 7 heteroatoms. The van der Waals surface area contributed by atoms with Crippen molar-refractivity contribution in [2.75, 3.05) is 22.1 Å². The monoisotopic (exact) mass is 419 g/mol. The van der Waals surface area contributed by atoms with E-state index in [9.17, 15) is 9.59 Å². The van der Waals surface area contributed by atoms with E-state index in [1.54, 1.807) is 0 Å². The molecule has 2 aromatic rings. The molecule has 0 fully saturated rings. The van der Waals surface area contributed by atoms with Gasteiger partial charge in [-0.05, 0) is 37.1 Å². The van der Waals surface area contributed by atoms with Crippen molar-refractivity contribution >= 4 is 48.4 Å². The van der Waals surface area contributed by atoms with Crippen LogP contribution >= 0.6 is 0 Å². The quantitative estimate of drug-likeness (QED) is 0.749. The Balaban J connectivity index is 0.000000443. The number of nitrogens with one attached hydrogen (secondary N) is 2. The molecular formula is C18H20CoN2O2S2. The summed E-state index contributed by atoms with van der Waals surface area (Å²) in [5.74, 6) is -0.0403. The van der Waals surface area contributed by atoms with Crippen molar-refractivity contribution in [3.63, 3.8) is 0 Å². The molecule has 0 atom stereocenters. The Morgan fingerprint density at radius 1 is 0.760 bits per heavy atom. The first-order valence-corrected chi connectivity index (χ1v) is 8.50. The number of amides is 2. The second kappa shape index (κ2) is 12.9. The van der Waals surface area contributed by atoms with Crippen LogP contribution in [-0.4, -0.2) is 23.3 Å². The van der Waals surface area contributed by atoms with Gasteiger partial charge in [0.15, 0.2) is 11.8 Å². The third-order valence-corrected chi connectivity index (χ3v) is 3.62. The van der Waals surface area contributed by atoms with Gasteiger partial charge in [0.05, 0.1) is 0 Å². The van der Waals surface area contributed by atoms with Crippen molar-refractivity contribution in [2.45, 2.75) is 13.8 Å². The number of benzene rings is 2. The fourth-order valence-electron chi connectivity index (χ4n) is 1.80. The molecule has 0 spiro atoms. The molecule has 2 rings (SSSR count). The maximum atomic E-state index is 10.9. The zero-order chi connectivity index (χ0) is 17.9. The van der Waals surface area contributed by atoms with Crippen LogP contribution in [0.2, 0.25) is 0 Å². The predicted octanol–water partition coefficient (Wildman–Crippen LogP) is 2.96. The summed E-state index contributed by atoms with van der Waals surface area (Å²) in [5, 5.41) is 5.43. The molecule has 4 nitrogen and oxygen atoms in total. The van der Waals surface area contributed by atoms with E-state index in [1.165, 1.54) is 0 Å². The zero-order valence-electron chi connectivity index (χ0n) is 14.0. The minimum Gasteiger partial charge on any atom is -0.783 e. The molecule has 2 aromatic carbocycles. The first-order valence-electron chi connectivity index (χ1n) is 7.35. The van der Waals surface area contributed by atoms with Gasteiger partial charge in [-0.1, -0.05) is 47.9 Å². The van der Waals surface area contributed by atoms with E-state index in [1.807, 2.05) is 62.4 Å². The Morgan fingerprint density at radius 2 is 1.08 bits per heavy atom. The van der Waals surface area contributed by atoms with E-state index in [-0.39, 0.29) is 40.1 Å². The predicted molar refractivity (Wildman–Crippen MR) is 104 cm³/mol. The number of aryl methyl sites for hydroxylation is 2. The molecule has 0 aromatic heterocycles. The average Bonchev–Trinajstić information content (AvgIpc) is 2.59. The third kappa shape index (κ3) is 9.01. The Morgan fingerprint density at radius 3 is 1.36 bits per heavy atom. The van der Waals surface area contributed by atoms with E-state index in [2.05, 4.69) is 35.9 Å². The van der Waals surface area contributed by atoms with Gasteiger partial charge in [-0.25, -0.2) is 0 Å². The van der Waals surface area contributed by atoms with Crippen molar-refractivity contribution in [3.8, 4) is 0 Å². The minimum absolute atomic E-state index is 0. The van der Waals surface area contributed by atoms with Gasteiger partial charge in [-0.15, -0.1) is 0 Å². The molecule has 2 amide bonds. The van der Waals surface area contributed by atoms with Crippen LogP contribution in [0.4, 0.5) is 11.4 Å². The van der Waals surface area contributed by atoms with Crippen LogP contribution in [0.25, 0.3) is 0 Å². The second-order valence-corrected chi connectivity index (χ2v) is 5.59. The number of hydrogen-bond acceptors (Lipinski definition) is 4. The maximum Gasteiger partial charge on any atom is 2.00 e. The SMILES string of the molecule is Cc1ccccc1NC(=O)C[S-].Cc1ccccc1NC(=O)C[S-].[Co+2]. The number of para-hydroxylation sites is 2. The molecule has 0 bridgehead atoms. The largest absolute Gasteiger partial charge is 2.00 e. The Hall–Kier alpha value is -1.41. The number of anilines is 2. The molecule has 1 radical (unpaired) electrons. The van der Waals surface area contributed by atoms with Crippen LogP contribution in [0.3, 0.4) is 0 Å². The Labute approximate surface area is 170 Å². The average molecular weight is 419 g/mol. The van der Waals surface area contributed by atoms with E-state index in [0.717, 1.165) is 22.5 Å². The first-order chi connectivity index (χ1) is 11.5. The van der Waals surface area contributed by atoms with E-state index >= 15 is 0 Å². The van der Waals surface area contributed by atoms with Crippen molar-refractivity contribution in [3.05, 3.63) is 59.7 Å². The van der Waals surface area contributed by atoms with Crippen molar-refractivity contribution in [2.24, 2.45) is 0 Å². The summed E-state index contributed by atoms with van der Waals surface area (Å²) >= 11 is 9.21. The van der Waals surface area contributed by atoms with Gasteiger partial charge < -0.3 is 35.9 Å². The van der Waals surface area contributed by atoms with Crippen molar-refractivity contribution < 1.29 is 26.4 Å². The van der Waals surface area contributed by atoms with Crippen LogP contribution < -0.4 is 10.6 Å². The molecule has 0 heterocycles. The summed E-state index contributed by atoms with van der Waals surface area (Å²) in [7, 11) is 0. The summed E-state index contributed by atoms with van der Waals surface area (Å²) < 4.78 is 0. The topological polar surface area (TPSA) is 58.2 Å². The molecule has 0 saturated carbocycles. The van der Waals surface area contributed by atoms with Gasteiger partial charge in [0.25, 0.3) is 0 Å². The number of carbonyl (C=O) groups excluding carboxylic acids is 2. The van der Waals surface area contributed by atoms with Crippen LogP contribution in [0, 0.1) is 13.8 Å². The summed E-state index contributed by atoms with van der Waals surface area (Å²) in [5.41, 5.74) is 3.78. The number of rotatable bonds is 4. The van der Waals surface area contributed by atoms with Gasteiger partial charge >= 0.3 is 16.8 Å². The van der Waals surface area contributed by atoms with Gasteiger partial charge in [0.2, 0.25) is 0 Å². The van der Waals surface area contributed by atoms with Gasteiger partial charge in [0.1, 0.15) is 0 Å². The summed E-state index contributed by atoms with van der Waals surface area (Å²) in [6, 6.07) is 15.2. The van der Waals surface area contributed by atoms with Crippen molar-refractivity contribution in [1.29, 1.82) is 0 Å². The Kier molecular flexibility index (Phi) is 12.2. The van der Waals surface area contributed by atoms with Crippen LogP contribution in [0.15, 0.2) is 48.5 Å². The Bertz CT molecular complexity index is 637. The standard InChI is InChI=1S/2C9H11NOS.Co/c2*1-7-4-2-3-5-8(7)10-9(11)6-12;/h2*2-5,12H,6H2,1H3,(H,10,11);/q;;+2/p-2. The molecule has 0 aliphatic carbocycles. The molecule has 0 unspecified atom stereocenters. The van der Waals surface area contributed by atoms with Gasteiger partial charge in [-0.2, -0.15) is 0 Å². The minimum atomic E-state index is -0.126. The first kappa shape index (κ1) is 23.6. The third-order valence-electron chi connectivity index (χ3n) is 3.10. The van der Waals surface area contributed by atoms with Crippen LogP contribution in [0.1, 0.15) is 11.1 Å². The fraction of sp³-hybridized carbons (Fsp3) is 0.222. The second-order valence-electron chi connectivity index (χ2n) is 5.01.